The van der Waals surface area contributed by atoms with Crippen LogP contribution in [-0.4, -0.2) is 32.8 Å². The van der Waals surface area contributed by atoms with Crippen LogP contribution >= 0.6 is 7.14 Å². The molecular weight excluding hydrogens is 407 g/mol. The molecule has 2 aromatic carbocycles. The van der Waals surface area contributed by atoms with Gasteiger partial charge < -0.3 is 15.6 Å². The summed E-state index contributed by atoms with van der Waals surface area (Å²) < 4.78 is 14.1. The molecule has 0 spiro atoms. The van der Waals surface area contributed by atoms with Gasteiger partial charge in [-0.05, 0) is 74.2 Å². The van der Waals surface area contributed by atoms with E-state index in [-0.39, 0.29) is 5.95 Å². The van der Waals surface area contributed by atoms with E-state index >= 15 is 0 Å². The molecule has 0 saturated carbocycles. The highest BCUT2D eigenvalue weighted by atomic mass is 31.2. The first-order valence-corrected chi connectivity index (χ1v) is 12.5. The van der Waals surface area contributed by atoms with Gasteiger partial charge in [-0.3, -0.25) is 4.57 Å². The van der Waals surface area contributed by atoms with Crippen molar-refractivity contribution in [1.29, 1.82) is 0 Å². The lowest BCUT2D eigenvalue weighted by atomic mass is 10.0. The third-order valence-electron chi connectivity index (χ3n) is 5.13. The van der Waals surface area contributed by atoms with Gasteiger partial charge in [0, 0.05) is 17.2 Å². The molecule has 158 valence electrons. The van der Waals surface area contributed by atoms with Crippen molar-refractivity contribution in [3.8, 4) is 0 Å². The summed E-state index contributed by atoms with van der Waals surface area (Å²) in [5, 5.41) is 4.08. The molecular formula is C23H25N6OP. The molecule has 3 N–H and O–H groups in total. The van der Waals surface area contributed by atoms with Crippen molar-refractivity contribution in [3.05, 3.63) is 65.5 Å². The number of hydrogen-bond donors (Lipinski definition) is 2. The molecule has 0 aliphatic heterocycles. The predicted octanol–water partition coefficient (Wildman–Crippen LogP) is 4.64. The Morgan fingerprint density at radius 2 is 1.71 bits per heavy atom. The number of imidazole rings is 1. The van der Waals surface area contributed by atoms with E-state index in [4.69, 9.17) is 5.73 Å². The predicted molar refractivity (Wildman–Crippen MR) is 130 cm³/mol. The quantitative estimate of drug-likeness (QED) is 0.446. The zero-order chi connectivity index (χ0) is 22.2. The minimum absolute atomic E-state index is 0.153. The number of anilines is 3. The average molecular weight is 432 g/mol. The summed E-state index contributed by atoms with van der Waals surface area (Å²) in [5.41, 5.74) is 11.6. The largest absolute Gasteiger partial charge is 0.368 e. The van der Waals surface area contributed by atoms with Gasteiger partial charge in [0.2, 0.25) is 5.95 Å². The fraction of sp³-hybridized carbons (Fsp3) is 0.174. The Morgan fingerprint density at radius 3 is 2.35 bits per heavy atom. The fourth-order valence-electron chi connectivity index (χ4n) is 3.42. The Morgan fingerprint density at radius 1 is 1.03 bits per heavy atom. The lowest BCUT2D eigenvalue weighted by Crippen LogP contribution is -2.04. The maximum atomic E-state index is 12.2. The first-order chi connectivity index (χ1) is 14.7. The summed E-state index contributed by atoms with van der Waals surface area (Å²) in [6.45, 7) is 7.68. The molecule has 0 amide bonds. The first kappa shape index (κ1) is 20.8. The molecule has 0 unspecified atom stereocenters. The van der Waals surface area contributed by atoms with Crippen LogP contribution in [0.4, 0.5) is 17.5 Å². The van der Waals surface area contributed by atoms with E-state index in [0.717, 1.165) is 16.6 Å². The van der Waals surface area contributed by atoms with Crippen molar-refractivity contribution >= 4 is 53.3 Å². The van der Waals surface area contributed by atoms with Crippen LogP contribution < -0.4 is 16.4 Å². The van der Waals surface area contributed by atoms with E-state index in [9.17, 15) is 4.57 Å². The van der Waals surface area contributed by atoms with Crippen molar-refractivity contribution in [3.63, 3.8) is 0 Å². The molecule has 2 heterocycles. The maximum Gasteiger partial charge on any atom is 0.224 e. The number of fused-ring (bicyclic) bond motifs is 1. The Bertz CT molecular complexity index is 1310. The van der Waals surface area contributed by atoms with Crippen LogP contribution in [0.1, 0.15) is 16.7 Å². The van der Waals surface area contributed by atoms with Gasteiger partial charge in [0.1, 0.15) is 13.5 Å². The number of nitrogens with zero attached hydrogens (tertiary/aromatic N) is 4. The maximum absolute atomic E-state index is 12.2. The van der Waals surface area contributed by atoms with Crippen molar-refractivity contribution in [1.82, 2.24) is 19.5 Å². The van der Waals surface area contributed by atoms with Gasteiger partial charge in [0.15, 0.2) is 17.0 Å². The summed E-state index contributed by atoms with van der Waals surface area (Å²) in [6.07, 6.45) is 5.67. The summed E-state index contributed by atoms with van der Waals surface area (Å²) >= 11 is 0. The molecule has 31 heavy (non-hydrogen) atoms. The number of rotatable bonds is 5. The number of hydrogen-bond acceptors (Lipinski definition) is 6. The number of nitrogens with one attached hydrogen (secondary N) is 1. The van der Waals surface area contributed by atoms with Gasteiger partial charge in [-0.2, -0.15) is 9.97 Å². The molecule has 0 bridgehead atoms. The molecule has 8 heteroatoms. The summed E-state index contributed by atoms with van der Waals surface area (Å²) in [6, 6.07) is 13.7. The summed E-state index contributed by atoms with van der Waals surface area (Å²) in [5.74, 6) is 0.672. The van der Waals surface area contributed by atoms with E-state index in [0.29, 0.717) is 17.0 Å². The highest BCUT2D eigenvalue weighted by molar-refractivity contribution is 7.70. The van der Waals surface area contributed by atoms with Crippen molar-refractivity contribution in [2.45, 2.75) is 13.8 Å². The molecule has 4 aromatic rings. The van der Waals surface area contributed by atoms with Crippen LogP contribution in [0.25, 0.3) is 23.4 Å². The SMILES string of the molecule is Cc1cccc(C)c1C=Cn1cnc2c(Nc3ccc(P(C)(C)=O)cc3)nc(N)nc21. The highest BCUT2D eigenvalue weighted by Crippen LogP contribution is 2.35. The normalized spacial score (nSPS) is 12.0. The van der Waals surface area contributed by atoms with Crippen molar-refractivity contribution in [2.24, 2.45) is 0 Å². The standard InChI is InChI=1S/C23H25N6OP/c1-15-6-5-7-16(2)19(15)12-13-29-14-25-20-21(27-23(24)28-22(20)29)26-17-8-10-18(11-9-17)31(3,4)30/h5-14H,1-4H3,(H3,24,26,27,28). The molecule has 4 rings (SSSR count). The van der Waals surface area contributed by atoms with Gasteiger partial charge >= 0.3 is 0 Å². The Labute approximate surface area is 181 Å². The van der Waals surface area contributed by atoms with E-state index in [1.807, 2.05) is 47.2 Å². The van der Waals surface area contributed by atoms with Gasteiger partial charge in [0.25, 0.3) is 0 Å². The van der Waals surface area contributed by atoms with Crippen LogP contribution in [-0.2, 0) is 4.57 Å². The van der Waals surface area contributed by atoms with Crippen molar-refractivity contribution in [2.75, 3.05) is 24.4 Å². The number of benzene rings is 2. The summed E-state index contributed by atoms with van der Waals surface area (Å²) in [7, 11) is -2.30. The summed E-state index contributed by atoms with van der Waals surface area (Å²) in [4.78, 5) is 13.2. The number of nitrogens with two attached hydrogens (primary N) is 1. The van der Waals surface area contributed by atoms with Gasteiger partial charge in [-0.1, -0.05) is 18.2 Å². The van der Waals surface area contributed by atoms with E-state index < -0.39 is 7.14 Å². The second-order valence-corrected chi connectivity index (χ2v) is 11.1. The lowest BCUT2D eigenvalue weighted by Gasteiger charge is -2.10. The highest BCUT2D eigenvalue weighted by Gasteiger charge is 2.14. The molecule has 0 aliphatic carbocycles. The van der Waals surface area contributed by atoms with Crippen LogP contribution in [0, 0.1) is 13.8 Å². The van der Waals surface area contributed by atoms with Crippen LogP contribution in [0.15, 0.2) is 48.8 Å². The average Bonchev–Trinajstić information content (AvgIpc) is 3.10. The number of aryl methyl sites for hydroxylation is 2. The molecule has 0 radical (unpaired) electrons. The van der Waals surface area contributed by atoms with Crippen LogP contribution in [0.3, 0.4) is 0 Å². The van der Waals surface area contributed by atoms with Gasteiger partial charge in [0.05, 0.1) is 0 Å². The Hall–Kier alpha value is -3.44. The number of nitrogen functional groups attached to an aromatic ring is 1. The third kappa shape index (κ3) is 4.37. The lowest BCUT2D eigenvalue weighted by molar-refractivity contribution is 0.588. The molecule has 0 fully saturated rings. The minimum Gasteiger partial charge on any atom is -0.368 e. The van der Waals surface area contributed by atoms with Gasteiger partial charge in [-0.25, -0.2) is 4.98 Å². The van der Waals surface area contributed by atoms with Crippen LogP contribution in [0.2, 0.25) is 0 Å². The van der Waals surface area contributed by atoms with E-state index in [2.05, 4.69) is 46.2 Å². The van der Waals surface area contributed by atoms with E-state index in [1.165, 1.54) is 11.1 Å². The minimum atomic E-state index is -2.30. The second kappa shape index (κ2) is 8.00. The topological polar surface area (TPSA) is 98.7 Å². The van der Waals surface area contributed by atoms with Gasteiger partial charge in [-0.15, -0.1) is 0 Å². The molecule has 2 aromatic heterocycles. The fourth-order valence-corrected chi connectivity index (χ4v) is 4.28. The Balaban J connectivity index is 1.68. The second-order valence-electron chi connectivity index (χ2n) is 7.90. The zero-order valence-corrected chi connectivity index (χ0v) is 18.9. The molecule has 0 aliphatic rings. The zero-order valence-electron chi connectivity index (χ0n) is 18.0. The Kier molecular flexibility index (Phi) is 5.38. The molecule has 0 saturated heterocycles. The number of aromatic nitrogens is 4. The molecule has 7 nitrogen and oxygen atoms in total. The van der Waals surface area contributed by atoms with E-state index in [1.54, 1.807) is 19.7 Å². The molecule has 0 atom stereocenters. The first-order valence-electron chi connectivity index (χ1n) is 9.89. The van der Waals surface area contributed by atoms with Crippen LogP contribution in [0.5, 0.6) is 0 Å². The smallest absolute Gasteiger partial charge is 0.224 e. The third-order valence-corrected chi connectivity index (χ3v) is 6.68. The van der Waals surface area contributed by atoms with Crippen molar-refractivity contribution < 1.29 is 4.57 Å². The monoisotopic (exact) mass is 432 g/mol.